The first-order chi connectivity index (χ1) is 14.9. The molecule has 1 aliphatic carbocycles. The summed E-state index contributed by atoms with van der Waals surface area (Å²) in [5, 5.41) is 3.56. The zero-order valence-corrected chi connectivity index (χ0v) is 20.5. The van der Waals surface area contributed by atoms with Crippen LogP contribution in [-0.2, 0) is 4.74 Å². The number of rotatable bonds is 12. The van der Waals surface area contributed by atoms with Crippen LogP contribution in [0, 0.1) is 0 Å². The Morgan fingerprint density at radius 2 is 1.94 bits per heavy atom. The fourth-order valence-electron chi connectivity index (χ4n) is 2.78. The molecule has 0 bridgehead atoms. The largest absolute Gasteiger partial charge is 0.490 e. The van der Waals surface area contributed by atoms with Gasteiger partial charge in [-0.25, -0.2) is 0 Å². The summed E-state index contributed by atoms with van der Waals surface area (Å²) in [6, 6.07) is 0. The van der Waals surface area contributed by atoms with Crippen molar-refractivity contribution in [2.75, 3.05) is 33.8 Å². The van der Waals surface area contributed by atoms with E-state index >= 15 is 0 Å². The molecular weight excluding hydrogens is 382 g/mol. The lowest BCUT2D eigenvalue weighted by atomic mass is 9.99. The fourth-order valence-corrected chi connectivity index (χ4v) is 2.78. The van der Waals surface area contributed by atoms with Gasteiger partial charge in [0.05, 0.1) is 11.4 Å². The van der Waals surface area contributed by atoms with Gasteiger partial charge in [-0.05, 0) is 71.0 Å². The number of nitrogens with zero attached hydrogens (tertiary/aromatic N) is 2. The van der Waals surface area contributed by atoms with Gasteiger partial charge in [-0.1, -0.05) is 55.9 Å². The molecule has 4 nitrogen and oxygen atoms in total. The van der Waals surface area contributed by atoms with Gasteiger partial charge < -0.3 is 15.0 Å². The molecule has 31 heavy (non-hydrogen) atoms. The van der Waals surface area contributed by atoms with E-state index in [1.54, 1.807) is 0 Å². The highest BCUT2D eigenvalue weighted by Crippen LogP contribution is 2.17. The quantitative estimate of drug-likeness (QED) is 0.304. The molecule has 0 fully saturated rings. The highest BCUT2D eigenvalue weighted by molar-refractivity contribution is 6.12. The Kier molecular flexibility index (Phi) is 13.0. The molecule has 0 saturated heterocycles. The first-order valence-corrected chi connectivity index (χ1v) is 11.3. The van der Waals surface area contributed by atoms with Gasteiger partial charge in [0, 0.05) is 19.3 Å². The van der Waals surface area contributed by atoms with Crippen molar-refractivity contribution in [1.29, 1.82) is 0 Å². The Morgan fingerprint density at radius 1 is 1.16 bits per heavy atom. The molecule has 1 N–H and O–H groups in total. The number of allylic oxidation sites excluding steroid dienone is 9. The minimum atomic E-state index is 0.644. The molecule has 0 aromatic heterocycles. The van der Waals surface area contributed by atoms with Gasteiger partial charge >= 0.3 is 0 Å². The fraction of sp³-hybridized carbons (Fsp3) is 0.444. The van der Waals surface area contributed by atoms with E-state index in [0.717, 1.165) is 36.6 Å². The summed E-state index contributed by atoms with van der Waals surface area (Å²) in [5.74, 6) is 0.868. The van der Waals surface area contributed by atoms with Crippen LogP contribution in [0.2, 0.25) is 0 Å². The van der Waals surface area contributed by atoms with Crippen LogP contribution >= 0.6 is 0 Å². The van der Waals surface area contributed by atoms with Crippen molar-refractivity contribution in [1.82, 2.24) is 10.2 Å². The normalized spacial score (nSPS) is 18.5. The van der Waals surface area contributed by atoms with Gasteiger partial charge in [0.2, 0.25) is 0 Å². The number of hydrogen-bond donors (Lipinski definition) is 1. The van der Waals surface area contributed by atoms with Gasteiger partial charge in [0.15, 0.2) is 0 Å². The van der Waals surface area contributed by atoms with E-state index in [-0.39, 0.29) is 0 Å². The third-order valence-corrected chi connectivity index (χ3v) is 4.79. The van der Waals surface area contributed by atoms with Crippen LogP contribution in [0.15, 0.2) is 88.0 Å². The lowest BCUT2D eigenvalue weighted by Gasteiger charge is -2.19. The number of nitrogens with one attached hydrogen (secondary N) is 1. The summed E-state index contributed by atoms with van der Waals surface area (Å²) in [6.07, 6.45) is 20.8. The van der Waals surface area contributed by atoms with E-state index in [9.17, 15) is 0 Å². The van der Waals surface area contributed by atoms with Gasteiger partial charge in [-0.2, -0.15) is 0 Å². The maximum absolute atomic E-state index is 6.13. The third kappa shape index (κ3) is 10.3. The van der Waals surface area contributed by atoms with E-state index < -0.39 is 0 Å². The van der Waals surface area contributed by atoms with E-state index in [4.69, 9.17) is 4.74 Å². The summed E-state index contributed by atoms with van der Waals surface area (Å²) in [4.78, 5) is 6.72. The topological polar surface area (TPSA) is 36.9 Å². The third-order valence-electron chi connectivity index (χ3n) is 4.79. The minimum Gasteiger partial charge on any atom is -0.490 e. The summed E-state index contributed by atoms with van der Waals surface area (Å²) in [5.41, 5.74) is 5.67. The summed E-state index contributed by atoms with van der Waals surface area (Å²) < 4.78 is 6.13. The highest BCUT2D eigenvalue weighted by Gasteiger charge is 2.10. The molecule has 170 valence electrons. The number of likely N-dealkylation sites (N-methyl/N-ethyl adjacent to an activating group) is 1. The Morgan fingerprint density at radius 3 is 2.55 bits per heavy atom. The molecule has 0 spiro atoms. The molecule has 0 aromatic carbocycles. The lowest BCUT2D eigenvalue weighted by Crippen LogP contribution is -2.22. The lowest BCUT2D eigenvalue weighted by molar-refractivity contribution is 0.187. The van der Waals surface area contributed by atoms with Crippen molar-refractivity contribution < 1.29 is 4.74 Å². The zero-order valence-electron chi connectivity index (χ0n) is 20.5. The van der Waals surface area contributed by atoms with Crippen LogP contribution in [0.3, 0.4) is 0 Å². The van der Waals surface area contributed by atoms with Crippen LogP contribution in [-0.4, -0.2) is 44.4 Å². The first kappa shape index (κ1) is 26.4. The smallest absolute Gasteiger partial charge is 0.142 e. The molecule has 0 amide bonds. The molecule has 0 aliphatic heterocycles. The highest BCUT2D eigenvalue weighted by atomic mass is 16.5. The van der Waals surface area contributed by atoms with Crippen molar-refractivity contribution >= 4 is 5.71 Å². The van der Waals surface area contributed by atoms with Gasteiger partial charge in [0.1, 0.15) is 12.4 Å². The molecule has 1 aliphatic rings. The molecule has 0 unspecified atom stereocenters. The molecule has 1 rings (SSSR count). The van der Waals surface area contributed by atoms with Crippen molar-refractivity contribution in [3.63, 3.8) is 0 Å². The average molecular weight is 424 g/mol. The molecule has 0 radical (unpaired) electrons. The van der Waals surface area contributed by atoms with Crippen LogP contribution in [0.4, 0.5) is 0 Å². The molecular formula is C27H41N3O. The second-order valence-corrected chi connectivity index (χ2v) is 7.72. The Bertz CT molecular complexity index is 802. The van der Waals surface area contributed by atoms with E-state index in [2.05, 4.69) is 92.6 Å². The van der Waals surface area contributed by atoms with Crippen molar-refractivity contribution in [2.24, 2.45) is 4.99 Å². The molecule has 0 heterocycles. The summed E-state index contributed by atoms with van der Waals surface area (Å²) in [7, 11) is 4.11. The van der Waals surface area contributed by atoms with Crippen LogP contribution < -0.4 is 5.32 Å². The van der Waals surface area contributed by atoms with E-state index in [0.29, 0.717) is 13.2 Å². The predicted molar refractivity (Wildman–Crippen MR) is 136 cm³/mol. The maximum Gasteiger partial charge on any atom is 0.142 e. The standard InChI is InChI=1S/C27H41N3O/c1-8-12-24-15-14-23(20-26(24)28-17-9-2)21-29-25(11-4)27(16-13-22(5)10-3)31-19-18-30(6)7/h9,11-17,20,29H,8,10,18-19,21H2,1-7H3/b17-9-,22-13+,24-12+,25-11+,27-16+,28-26+. The van der Waals surface area contributed by atoms with E-state index in [1.165, 1.54) is 16.7 Å². The zero-order chi connectivity index (χ0) is 23.1. The first-order valence-electron chi connectivity index (χ1n) is 11.3. The Labute approximate surface area is 190 Å². The van der Waals surface area contributed by atoms with Crippen molar-refractivity contribution in [2.45, 2.75) is 47.5 Å². The van der Waals surface area contributed by atoms with E-state index in [1.807, 2.05) is 26.1 Å². The second-order valence-electron chi connectivity index (χ2n) is 7.72. The Hall–Kier alpha value is -2.59. The summed E-state index contributed by atoms with van der Waals surface area (Å²) >= 11 is 0. The van der Waals surface area contributed by atoms with Gasteiger partial charge in [-0.15, -0.1) is 0 Å². The Balaban J connectivity index is 2.99. The predicted octanol–water partition coefficient (Wildman–Crippen LogP) is 6.11. The van der Waals surface area contributed by atoms with Crippen molar-refractivity contribution in [3.8, 4) is 0 Å². The second kappa shape index (κ2) is 15.2. The van der Waals surface area contributed by atoms with Gasteiger partial charge in [0.25, 0.3) is 0 Å². The maximum atomic E-state index is 6.13. The van der Waals surface area contributed by atoms with Crippen LogP contribution in [0.5, 0.6) is 0 Å². The number of aliphatic imine (C=N–C) groups is 1. The summed E-state index contributed by atoms with van der Waals surface area (Å²) in [6.45, 7) is 12.7. The van der Waals surface area contributed by atoms with Crippen LogP contribution in [0.25, 0.3) is 0 Å². The molecule has 4 heteroatoms. The average Bonchev–Trinajstić information content (AvgIpc) is 2.76. The van der Waals surface area contributed by atoms with Crippen LogP contribution in [0.1, 0.15) is 47.5 Å². The molecule has 0 atom stereocenters. The SMILES string of the molecule is C\C=C/N=C1\C=C(CNC(=C/C)/C(=C\C=C(/C)CC)OCCN(C)C)C=C\C1=C/CC. The number of hydrogen-bond acceptors (Lipinski definition) is 4. The molecule has 0 saturated carbocycles. The van der Waals surface area contributed by atoms with Crippen molar-refractivity contribution in [3.05, 3.63) is 83.0 Å². The van der Waals surface area contributed by atoms with Gasteiger partial charge in [-0.3, -0.25) is 4.99 Å². The molecule has 0 aromatic rings. The monoisotopic (exact) mass is 423 g/mol. The number of ether oxygens (including phenoxy) is 1. The minimum absolute atomic E-state index is 0.644.